The van der Waals surface area contributed by atoms with Crippen molar-refractivity contribution in [3.8, 4) is 17.1 Å². The van der Waals surface area contributed by atoms with Gasteiger partial charge in [0.15, 0.2) is 23.0 Å². The zero-order valence-corrected chi connectivity index (χ0v) is 10.0. The number of ether oxygens (including phenoxy) is 1. The van der Waals surface area contributed by atoms with E-state index in [-0.39, 0.29) is 11.7 Å². The molecule has 0 amide bonds. The average molecular weight is 259 g/mol. The lowest BCUT2D eigenvalue weighted by atomic mass is 10.2. The van der Waals surface area contributed by atoms with Crippen molar-refractivity contribution in [3.63, 3.8) is 0 Å². The van der Waals surface area contributed by atoms with Crippen molar-refractivity contribution in [1.82, 2.24) is 19.6 Å². The van der Waals surface area contributed by atoms with Crippen molar-refractivity contribution in [3.05, 3.63) is 36.3 Å². The van der Waals surface area contributed by atoms with Gasteiger partial charge in [0.1, 0.15) is 0 Å². The molecule has 0 fully saturated rings. The van der Waals surface area contributed by atoms with Crippen LogP contribution >= 0.6 is 0 Å². The molecule has 6 nitrogen and oxygen atoms in total. The molecule has 0 bridgehead atoms. The summed E-state index contributed by atoms with van der Waals surface area (Å²) < 4.78 is 20.1. The van der Waals surface area contributed by atoms with Gasteiger partial charge in [0.2, 0.25) is 5.95 Å². The SMILES string of the molecule is COc1ccc(-c2nccc3nc(N)nn23)cc1F. The van der Waals surface area contributed by atoms with E-state index >= 15 is 0 Å². The summed E-state index contributed by atoms with van der Waals surface area (Å²) in [5, 5.41) is 4.03. The van der Waals surface area contributed by atoms with Gasteiger partial charge in [-0.15, -0.1) is 5.10 Å². The van der Waals surface area contributed by atoms with Crippen molar-refractivity contribution in [1.29, 1.82) is 0 Å². The van der Waals surface area contributed by atoms with Crippen LogP contribution in [0.5, 0.6) is 5.75 Å². The van der Waals surface area contributed by atoms with E-state index in [9.17, 15) is 4.39 Å². The molecule has 1 aromatic carbocycles. The molecule has 0 radical (unpaired) electrons. The number of rotatable bonds is 2. The van der Waals surface area contributed by atoms with E-state index in [1.807, 2.05) is 0 Å². The van der Waals surface area contributed by atoms with Gasteiger partial charge in [0.25, 0.3) is 0 Å². The number of anilines is 1. The number of nitrogen functional groups attached to an aromatic ring is 1. The normalized spacial score (nSPS) is 10.8. The number of fused-ring (bicyclic) bond motifs is 1. The number of methoxy groups -OCH3 is 1. The van der Waals surface area contributed by atoms with Crippen LogP contribution in [0.15, 0.2) is 30.5 Å². The zero-order chi connectivity index (χ0) is 13.4. The largest absolute Gasteiger partial charge is 0.494 e. The Bertz CT molecular complexity index is 755. The van der Waals surface area contributed by atoms with Crippen molar-refractivity contribution in [2.45, 2.75) is 0 Å². The van der Waals surface area contributed by atoms with Crippen LogP contribution in [0.25, 0.3) is 17.0 Å². The molecule has 0 saturated heterocycles. The maximum atomic E-state index is 13.7. The first-order valence-corrected chi connectivity index (χ1v) is 5.50. The summed E-state index contributed by atoms with van der Waals surface area (Å²) in [6, 6.07) is 6.23. The minimum atomic E-state index is -0.466. The number of benzene rings is 1. The maximum Gasteiger partial charge on any atom is 0.240 e. The lowest BCUT2D eigenvalue weighted by Gasteiger charge is -2.05. The standard InChI is InChI=1S/C12H10FN5O/c1-19-9-3-2-7(6-8(9)13)11-15-5-4-10-16-12(14)17-18(10)11/h2-6H,1H3,(H2,14,17). The Morgan fingerprint density at radius 2 is 2.16 bits per heavy atom. The first-order chi connectivity index (χ1) is 9.19. The van der Waals surface area contributed by atoms with Crippen LogP contribution in [0.4, 0.5) is 10.3 Å². The van der Waals surface area contributed by atoms with Gasteiger partial charge in [-0.1, -0.05) is 0 Å². The minimum Gasteiger partial charge on any atom is -0.494 e. The van der Waals surface area contributed by atoms with Gasteiger partial charge in [0.05, 0.1) is 7.11 Å². The fourth-order valence-corrected chi connectivity index (χ4v) is 1.84. The second-order valence-electron chi connectivity index (χ2n) is 3.86. The number of nitrogens with zero attached hydrogens (tertiary/aromatic N) is 4. The number of aromatic nitrogens is 4. The molecule has 3 aromatic rings. The second kappa shape index (κ2) is 4.20. The lowest BCUT2D eigenvalue weighted by Crippen LogP contribution is -1.98. The molecule has 3 rings (SSSR count). The molecule has 2 heterocycles. The van der Waals surface area contributed by atoms with Gasteiger partial charge < -0.3 is 10.5 Å². The fourth-order valence-electron chi connectivity index (χ4n) is 1.84. The van der Waals surface area contributed by atoms with Crippen molar-refractivity contribution >= 4 is 11.6 Å². The summed E-state index contributed by atoms with van der Waals surface area (Å²) in [5.74, 6) is 0.312. The van der Waals surface area contributed by atoms with E-state index in [4.69, 9.17) is 10.5 Å². The van der Waals surface area contributed by atoms with Crippen molar-refractivity contribution in [2.24, 2.45) is 0 Å². The molecular formula is C12H10FN5O. The van der Waals surface area contributed by atoms with Crippen molar-refractivity contribution in [2.75, 3.05) is 12.8 Å². The summed E-state index contributed by atoms with van der Waals surface area (Å²) in [6.45, 7) is 0. The molecule has 0 spiro atoms. The molecule has 19 heavy (non-hydrogen) atoms. The Morgan fingerprint density at radius 3 is 2.89 bits per heavy atom. The number of hydrogen-bond acceptors (Lipinski definition) is 5. The van der Waals surface area contributed by atoms with Gasteiger partial charge in [-0.05, 0) is 18.2 Å². The van der Waals surface area contributed by atoms with Gasteiger partial charge in [-0.2, -0.15) is 9.50 Å². The summed E-state index contributed by atoms with van der Waals surface area (Å²) >= 11 is 0. The molecule has 0 aliphatic rings. The quantitative estimate of drug-likeness (QED) is 0.755. The highest BCUT2D eigenvalue weighted by atomic mass is 19.1. The molecule has 0 aliphatic heterocycles. The summed E-state index contributed by atoms with van der Waals surface area (Å²) in [5.41, 5.74) is 6.67. The fraction of sp³-hybridized carbons (Fsp3) is 0.0833. The molecule has 2 aromatic heterocycles. The third-order valence-electron chi connectivity index (χ3n) is 2.68. The smallest absolute Gasteiger partial charge is 0.240 e. The minimum absolute atomic E-state index is 0.142. The van der Waals surface area contributed by atoms with Crippen molar-refractivity contribution < 1.29 is 9.13 Å². The van der Waals surface area contributed by atoms with Crippen LogP contribution in [-0.2, 0) is 0 Å². The van der Waals surface area contributed by atoms with E-state index in [2.05, 4.69) is 15.1 Å². The average Bonchev–Trinajstić information content (AvgIpc) is 2.78. The predicted octanol–water partition coefficient (Wildman–Crippen LogP) is 1.52. The zero-order valence-electron chi connectivity index (χ0n) is 10.0. The van der Waals surface area contributed by atoms with Crippen LogP contribution < -0.4 is 10.5 Å². The highest BCUT2D eigenvalue weighted by Crippen LogP contribution is 2.24. The summed E-state index contributed by atoms with van der Waals surface area (Å²) in [6.07, 6.45) is 1.57. The van der Waals surface area contributed by atoms with Crippen LogP contribution in [0.1, 0.15) is 0 Å². The van der Waals surface area contributed by atoms with E-state index in [1.54, 1.807) is 18.3 Å². The Morgan fingerprint density at radius 1 is 1.32 bits per heavy atom. The lowest BCUT2D eigenvalue weighted by molar-refractivity contribution is 0.386. The topological polar surface area (TPSA) is 78.3 Å². The molecule has 0 atom stereocenters. The van der Waals surface area contributed by atoms with Gasteiger partial charge in [0, 0.05) is 17.8 Å². The Balaban J connectivity index is 2.21. The predicted molar refractivity (Wildman–Crippen MR) is 67.1 cm³/mol. The molecule has 96 valence electrons. The molecule has 7 heteroatoms. The highest BCUT2D eigenvalue weighted by molar-refractivity contribution is 5.60. The van der Waals surface area contributed by atoms with E-state index in [1.165, 1.54) is 23.8 Å². The Labute approximate surface area is 107 Å². The van der Waals surface area contributed by atoms with E-state index < -0.39 is 5.82 Å². The molecule has 0 saturated carbocycles. The Kier molecular flexibility index (Phi) is 2.52. The highest BCUT2D eigenvalue weighted by Gasteiger charge is 2.11. The van der Waals surface area contributed by atoms with E-state index in [0.29, 0.717) is 17.0 Å². The molecule has 0 aliphatic carbocycles. The van der Waals surface area contributed by atoms with Gasteiger partial charge in [-0.25, -0.2) is 9.37 Å². The van der Waals surface area contributed by atoms with E-state index in [0.717, 1.165) is 0 Å². The summed E-state index contributed by atoms with van der Waals surface area (Å²) in [7, 11) is 1.41. The second-order valence-corrected chi connectivity index (χ2v) is 3.86. The molecule has 2 N–H and O–H groups in total. The number of hydrogen-bond donors (Lipinski definition) is 1. The molecular weight excluding hydrogens is 249 g/mol. The first-order valence-electron chi connectivity index (χ1n) is 5.50. The van der Waals surface area contributed by atoms with Crippen LogP contribution in [0.2, 0.25) is 0 Å². The van der Waals surface area contributed by atoms with Crippen LogP contribution in [0.3, 0.4) is 0 Å². The number of nitrogens with two attached hydrogens (primary N) is 1. The molecule has 0 unspecified atom stereocenters. The summed E-state index contributed by atoms with van der Waals surface area (Å²) in [4.78, 5) is 8.21. The van der Waals surface area contributed by atoms with Gasteiger partial charge >= 0.3 is 0 Å². The van der Waals surface area contributed by atoms with Gasteiger partial charge in [-0.3, -0.25) is 0 Å². The van der Waals surface area contributed by atoms with Crippen LogP contribution in [0, 0.1) is 5.82 Å². The number of halogens is 1. The third kappa shape index (κ3) is 1.85. The van der Waals surface area contributed by atoms with Crippen LogP contribution in [-0.4, -0.2) is 26.7 Å². The Hall–Kier alpha value is -2.70. The third-order valence-corrected chi connectivity index (χ3v) is 2.68. The first kappa shape index (κ1) is 11.4. The monoisotopic (exact) mass is 259 g/mol. The maximum absolute atomic E-state index is 13.7.